The van der Waals surface area contributed by atoms with Crippen molar-refractivity contribution in [3.63, 3.8) is 0 Å². The Morgan fingerprint density at radius 3 is 1.09 bits per heavy atom. The maximum Gasteiger partial charge on any atom is 0.337 e. The van der Waals surface area contributed by atoms with Crippen molar-refractivity contribution in [3.8, 4) is 22.3 Å². The summed E-state index contributed by atoms with van der Waals surface area (Å²) in [6, 6.07) is 6.59. The Labute approximate surface area is 249 Å². The number of fused-ring (bicyclic) bond motifs is 1. The van der Waals surface area contributed by atoms with E-state index >= 15 is 0 Å². The molecule has 12 heteroatoms. The van der Waals surface area contributed by atoms with Crippen molar-refractivity contribution in [1.29, 1.82) is 0 Å². The summed E-state index contributed by atoms with van der Waals surface area (Å²) in [5, 5.41) is 59.1. The van der Waals surface area contributed by atoms with Crippen LogP contribution in [0, 0.1) is 0 Å². The minimum absolute atomic E-state index is 0.0666. The molecule has 0 radical (unpaired) electrons. The van der Waals surface area contributed by atoms with Gasteiger partial charge < -0.3 is 30.6 Å². The van der Waals surface area contributed by atoms with Crippen LogP contribution >= 0.6 is 0 Å². The van der Waals surface area contributed by atoms with Gasteiger partial charge in [-0.3, -0.25) is 0 Å². The van der Waals surface area contributed by atoms with Gasteiger partial charge in [0.2, 0.25) is 0 Å². The fraction of sp³-hybridized carbons (Fsp3) is 0.250. The van der Waals surface area contributed by atoms with E-state index < -0.39 is 80.3 Å². The molecule has 0 aliphatic heterocycles. The molecule has 0 heterocycles. The van der Waals surface area contributed by atoms with Crippen LogP contribution in [0.15, 0.2) is 36.4 Å². The molecule has 0 bridgehead atoms. The SMILES string of the molecule is C1CCCCC1.O=C(O)c1cccc(-c2c3c(c(C(=O)O)c(C(=O)O)c2-c2cccc(C(=O)O)c2C(=O)O)CC3)c1C(=O)O. The molecule has 228 valence electrons. The quantitative estimate of drug-likeness (QED) is 0.183. The Morgan fingerprint density at radius 1 is 0.409 bits per heavy atom. The average molecular weight is 605 g/mol. The zero-order chi connectivity index (χ0) is 32.3. The molecule has 0 atom stereocenters. The maximum absolute atomic E-state index is 12.5. The topological polar surface area (TPSA) is 224 Å². The normalized spacial score (nSPS) is 13.4. The third-order valence-electron chi connectivity index (χ3n) is 7.83. The van der Waals surface area contributed by atoms with Crippen LogP contribution in [0.3, 0.4) is 0 Å². The van der Waals surface area contributed by atoms with Crippen LogP contribution in [-0.2, 0) is 12.8 Å². The average Bonchev–Trinajstić information content (AvgIpc) is 2.96. The summed E-state index contributed by atoms with van der Waals surface area (Å²) in [6.07, 6.45) is 9.24. The number of carboxylic acids is 6. The van der Waals surface area contributed by atoms with Gasteiger partial charge >= 0.3 is 35.8 Å². The number of aromatic carboxylic acids is 6. The molecule has 0 amide bonds. The number of hydrogen-bond donors (Lipinski definition) is 6. The maximum atomic E-state index is 12.5. The van der Waals surface area contributed by atoms with Crippen LogP contribution in [-0.4, -0.2) is 66.5 Å². The summed E-state index contributed by atoms with van der Waals surface area (Å²) in [5.74, 6) is -10.2. The van der Waals surface area contributed by atoms with Crippen molar-refractivity contribution in [2.45, 2.75) is 51.4 Å². The van der Waals surface area contributed by atoms with Crippen molar-refractivity contribution < 1.29 is 59.4 Å². The number of benzene rings is 3. The minimum Gasteiger partial charge on any atom is -0.478 e. The first kappa shape index (κ1) is 31.4. The van der Waals surface area contributed by atoms with Gasteiger partial charge in [0.15, 0.2) is 0 Å². The van der Waals surface area contributed by atoms with Gasteiger partial charge in [-0.2, -0.15) is 0 Å². The van der Waals surface area contributed by atoms with Crippen molar-refractivity contribution >= 4 is 35.8 Å². The predicted molar refractivity (Wildman–Crippen MR) is 154 cm³/mol. The third-order valence-corrected chi connectivity index (χ3v) is 7.83. The molecule has 6 N–H and O–H groups in total. The van der Waals surface area contributed by atoms with Crippen LogP contribution in [0.5, 0.6) is 0 Å². The van der Waals surface area contributed by atoms with Gasteiger partial charge in [0.25, 0.3) is 0 Å². The molecular weight excluding hydrogens is 576 g/mol. The second-order valence-electron chi connectivity index (χ2n) is 10.4. The highest BCUT2D eigenvalue weighted by Crippen LogP contribution is 2.48. The molecular formula is C32H28O12. The molecule has 44 heavy (non-hydrogen) atoms. The first-order valence-corrected chi connectivity index (χ1v) is 13.8. The smallest absolute Gasteiger partial charge is 0.337 e. The summed E-state index contributed by atoms with van der Waals surface area (Å²) in [4.78, 5) is 73.0. The Bertz CT molecular complexity index is 1720. The highest BCUT2D eigenvalue weighted by atomic mass is 16.4. The Morgan fingerprint density at radius 2 is 0.773 bits per heavy atom. The lowest BCUT2D eigenvalue weighted by molar-refractivity contribution is 0.0649. The van der Waals surface area contributed by atoms with E-state index in [1.165, 1.54) is 50.7 Å². The minimum atomic E-state index is -1.79. The highest BCUT2D eigenvalue weighted by Gasteiger charge is 2.38. The van der Waals surface area contributed by atoms with Gasteiger partial charge in [0, 0.05) is 5.56 Å². The van der Waals surface area contributed by atoms with Gasteiger partial charge in [-0.05, 0) is 52.8 Å². The molecule has 5 rings (SSSR count). The second kappa shape index (κ2) is 12.8. The molecule has 3 aromatic carbocycles. The molecule has 0 saturated heterocycles. The molecule has 12 nitrogen and oxygen atoms in total. The molecule has 0 unspecified atom stereocenters. The van der Waals surface area contributed by atoms with Crippen molar-refractivity contribution in [2.75, 3.05) is 0 Å². The Balaban J connectivity index is 0.000000657. The Kier molecular flexibility index (Phi) is 9.12. The predicted octanol–water partition coefficient (Wildman–Crippen LogP) is 5.65. The molecule has 1 saturated carbocycles. The van der Waals surface area contributed by atoms with Crippen LogP contribution in [0.1, 0.15) is 112 Å². The lowest BCUT2D eigenvalue weighted by Gasteiger charge is -2.31. The van der Waals surface area contributed by atoms with E-state index in [-0.39, 0.29) is 35.1 Å². The lowest BCUT2D eigenvalue weighted by atomic mass is 9.71. The van der Waals surface area contributed by atoms with E-state index in [0.717, 1.165) is 24.3 Å². The molecule has 1 fully saturated rings. The summed E-state index contributed by atoms with van der Waals surface area (Å²) < 4.78 is 0. The molecule has 0 spiro atoms. The largest absolute Gasteiger partial charge is 0.478 e. The van der Waals surface area contributed by atoms with Crippen molar-refractivity contribution in [3.05, 3.63) is 80.9 Å². The van der Waals surface area contributed by atoms with Crippen LogP contribution in [0.2, 0.25) is 0 Å². The summed E-state index contributed by atoms with van der Waals surface area (Å²) in [5.41, 5.74) is -5.76. The molecule has 2 aliphatic rings. The highest BCUT2D eigenvalue weighted by molar-refractivity contribution is 6.17. The van der Waals surface area contributed by atoms with E-state index in [2.05, 4.69) is 0 Å². The van der Waals surface area contributed by atoms with Gasteiger partial charge in [0.05, 0.1) is 33.4 Å². The van der Waals surface area contributed by atoms with E-state index in [1.807, 2.05) is 0 Å². The fourth-order valence-corrected chi connectivity index (χ4v) is 5.89. The summed E-state index contributed by atoms with van der Waals surface area (Å²) >= 11 is 0. The monoisotopic (exact) mass is 604 g/mol. The van der Waals surface area contributed by atoms with E-state index in [1.54, 1.807) is 0 Å². The summed E-state index contributed by atoms with van der Waals surface area (Å²) in [7, 11) is 0. The zero-order valence-electron chi connectivity index (χ0n) is 23.3. The molecule has 0 aromatic heterocycles. The first-order chi connectivity index (χ1) is 20.9. The number of rotatable bonds is 8. The van der Waals surface area contributed by atoms with Crippen molar-refractivity contribution in [2.24, 2.45) is 0 Å². The fourth-order valence-electron chi connectivity index (χ4n) is 5.89. The zero-order valence-corrected chi connectivity index (χ0v) is 23.3. The Hall–Kier alpha value is -5.52. The van der Waals surface area contributed by atoms with E-state index in [9.17, 15) is 59.4 Å². The molecule has 3 aromatic rings. The van der Waals surface area contributed by atoms with Crippen LogP contribution < -0.4 is 0 Å². The number of carboxylic acid groups (broad SMARTS) is 6. The first-order valence-electron chi connectivity index (χ1n) is 13.8. The second-order valence-corrected chi connectivity index (χ2v) is 10.4. The van der Waals surface area contributed by atoms with Gasteiger partial charge in [-0.15, -0.1) is 0 Å². The van der Waals surface area contributed by atoms with Gasteiger partial charge in [-0.25, -0.2) is 28.8 Å². The number of carbonyl (C=O) groups is 6. The molecule has 2 aliphatic carbocycles. The summed E-state index contributed by atoms with van der Waals surface area (Å²) in [6.45, 7) is 0. The van der Waals surface area contributed by atoms with Crippen LogP contribution in [0.25, 0.3) is 22.3 Å². The van der Waals surface area contributed by atoms with E-state index in [4.69, 9.17) is 0 Å². The van der Waals surface area contributed by atoms with Crippen molar-refractivity contribution in [1.82, 2.24) is 0 Å². The van der Waals surface area contributed by atoms with E-state index in [0.29, 0.717) is 0 Å². The van der Waals surface area contributed by atoms with Gasteiger partial charge in [-0.1, -0.05) is 62.8 Å². The van der Waals surface area contributed by atoms with Gasteiger partial charge in [0.1, 0.15) is 0 Å². The number of hydrogen-bond acceptors (Lipinski definition) is 6. The standard InChI is InChI=1S/C26H16O12.C6H12/c27-21(28)13-5-1-3-11(16(13)23(31)32)15-9-7-8-10(9)19(25(35)36)20(26(37)38)18(15)12-4-2-6-14(22(29)30)17(12)24(33)34;1-2-4-6-5-3-1/h1-6H,7-8H2,(H,27,28)(H,29,30)(H,31,32)(H,33,34)(H,35,36)(H,37,38);1-6H2. The third kappa shape index (κ3) is 5.74. The van der Waals surface area contributed by atoms with Crippen LogP contribution in [0.4, 0.5) is 0 Å². The lowest BCUT2D eigenvalue weighted by Crippen LogP contribution is -2.24.